The van der Waals surface area contributed by atoms with Gasteiger partial charge in [0, 0.05) is 36.0 Å². The molecule has 1 aliphatic rings. The monoisotopic (exact) mass is 362 g/mol. The molecule has 1 heterocycles. The van der Waals surface area contributed by atoms with Crippen LogP contribution < -0.4 is 5.32 Å². The van der Waals surface area contributed by atoms with Gasteiger partial charge < -0.3 is 10.2 Å². The minimum absolute atomic E-state index is 0.0299. The Morgan fingerprint density at radius 3 is 2.30 bits per heavy atom. The Balaban J connectivity index is 1.63. The van der Waals surface area contributed by atoms with Crippen LogP contribution in [0.25, 0.3) is 0 Å². The van der Waals surface area contributed by atoms with Gasteiger partial charge in [0.1, 0.15) is 0 Å². The number of amides is 2. The van der Waals surface area contributed by atoms with E-state index in [1.54, 1.807) is 36.1 Å². The van der Waals surface area contributed by atoms with Gasteiger partial charge in [0.05, 0.1) is 0 Å². The first-order valence-corrected chi connectivity index (χ1v) is 8.90. The van der Waals surface area contributed by atoms with Crippen molar-refractivity contribution in [3.05, 3.63) is 76.9 Å². The summed E-state index contributed by atoms with van der Waals surface area (Å²) in [5, 5.41) is 2.74. The molecule has 2 aromatic rings. The van der Waals surface area contributed by atoms with Gasteiger partial charge in [-0.3, -0.25) is 14.4 Å². The van der Waals surface area contributed by atoms with Crippen molar-refractivity contribution in [1.82, 2.24) is 4.90 Å². The number of fused-ring (bicyclic) bond motifs is 1. The molecule has 1 N–H and O–H groups in total. The molecule has 0 unspecified atom stereocenters. The quantitative estimate of drug-likeness (QED) is 0.670. The lowest BCUT2D eigenvalue weighted by molar-refractivity contribution is -0.127. The van der Waals surface area contributed by atoms with Gasteiger partial charge in [-0.1, -0.05) is 24.3 Å². The zero-order valence-electron chi connectivity index (χ0n) is 15.5. The lowest BCUT2D eigenvalue weighted by atomic mass is 10.00. The van der Waals surface area contributed by atoms with Crippen molar-refractivity contribution >= 4 is 23.3 Å². The Morgan fingerprint density at radius 1 is 0.963 bits per heavy atom. The molecule has 0 aromatic heterocycles. The highest BCUT2D eigenvalue weighted by Crippen LogP contribution is 2.19. The van der Waals surface area contributed by atoms with E-state index in [0.29, 0.717) is 29.9 Å². The molecule has 5 nitrogen and oxygen atoms in total. The third-order valence-corrected chi connectivity index (χ3v) is 4.69. The van der Waals surface area contributed by atoms with E-state index in [9.17, 15) is 14.4 Å². The molecule has 0 saturated heterocycles. The van der Waals surface area contributed by atoms with Gasteiger partial charge in [-0.25, -0.2) is 0 Å². The summed E-state index contributed by atoms with van der Waals surface area (Å²) in [6.07, 6.45) is 2.21. The van der Waals surface area contributed by atoms with Gasteiger partial charge in [0.15, 0.2) is 5.78 Å². The number of hydrogen-bond acceptors (Lipinski definition) is 3. The number of ketones is 1. The van der Waals surface area contributed by atoms with Crippen LogP contribution in [0.3, 0.4) is 0 Å². The van der Waals surface area contributed by atoms with Gasteiger partial charge >= 0.3 is 0 Å². The van der Waals surface area contributed by atoms with Crippen LogP contribution in [0.4, 0.5) is 5.69 Å². The van der Waals surface area contributed by atoms with E-state index in [4.69, 9.17) is 0 Å². The van der Waals surface area contributed by atoms with Crippen molar-refractivity contribution in [2.24, 2.45) is 0 Å². The molecule has 0 aliphatic carbocycles. The molecule has 0 saturated carbocycles. The van der Waals surface area contributed by atoms with Gasteiger partial charge in [0.25, 0.3) is 5.91 Å². The van der Waals surface area contributed by atoms with Crippen molar-refractivity contribution in [2.75, 3.05) is 11.9 Å². The van der Waals surface area contributed by atoms with Gasteiger partial charge in [-0.05, 0) is 55.7 Å². The van der Waals surface area contributed by atoms with Gasteiger partial charge in [-0.2, -0.15) is 0 Å². The number of rotatable bonds is 4. The van der Waals surface area contributed by atoms with Crippen molar-refractivity contribution in [3.63, 3.8) is 0 Å². The molecule has 138 valence electrons. The Hall–Kier alpha value is -3.21. The van der Waals surface area contributed by atoms with E-state index in [1.165, 1.54) is 18.6 Å². The standard InChI is InChI=1S/C22H22N2O3/c1-15(22(27)23-20-9-7-17(8-10-20)16(2)25)13-21(26)24-12-11-18-5-3-4-6-19(18)14-24/h3-10,13H,11-12,14H2,1-2H3,(H,23,27)/b15-13-. The Labute approximate surface area is 158 Å². The fraction of sp³-hybridized carbons (Fsp3) is 0.227. The summed E-state index contributed by atoms with van der Waals surface area (Å²) in [6, 6.07) is 14.8. The van der Waals surface area contributed by atoms with E-state index in [-0.39, 0.29) is 17.6 Å². The van der Waals surface area contributed by atoms with Crippen LogP contribution in [0, 0.1) is 0 Å². The molecule has 27 heavy (non-hydrogen) atoms. The number of carbonyl (C=O) groups excluding carboxylic acids is 3. The first-order chi connectivity index (χ1) is 12.9. The number of benzene rings is 2. The van der Waals surface area contributed by atoms with Gasteiger partial charge in [-0.15, -0.1) is 0 Å². The molecular weight excluding hydrogens is 340 g/mol. The van der Waals surface area contributed by atoms with Crippen LogP contribution in [-0.4, -0.2) is 29.0 Å². The van der Waals surface area contributed by atoms with Crippen LogP contribution in [0.1, 0.15) is 35.3 Å². The van der Waals surface area contributed by atoms with Crippen LogP contribution >= 0.6 is 0 Å². The highest BCUT2D eigenvalue weighted by atomic mass is 16.2. The number of nitrogens with one attached hydrogen (secondary N) is 1. The van der Waals surface area contributed by atoms with E-state index in [0.717, 1.165) is 12.0 Å². The first kappa shape index (κ1) is 18.6. The van der Waals surface area contributed by atoms with Crippen LogP contribution in [0.5, 0.6) is 0 Å². The second-order valence-electron chi connectivity index (χ2n) is 6.69. The molecule has 0 bridgehead atoms. The maximum Gasteiger partial charge on any atom is 0.251 e. The molecule has 2 amide bonds. The fourth-order valence-electron chi connectivity index (χ4n) is 3.04. The molecule has 0 atom stereocenters. The Bertz CT molecular complexity index is 913. The number of Topliss-reactive ketones (excluding diaryl/α,β-unsaturated/α-hetero) is 1. The van der Waals surface area contributed by atoms with Gasteiger partial charge in [0.2, 0.25) is 5.91 Å². The molecule has 0 radical (unpaired) electrons. The normalized spacial score (nSPS) is 13.7. The minimum atomic E-state index is -0.337. The third kappa shape index (κ3) is 4.50. The third-order valence-electron chi connectivity index (χ3n) is 4.69. The zero-order chi connectivity index (χ0) is 19.4. The second kappa shape index (κ2) is 7.99. The lowest BCUT2D eigenvalue weighted by Gasteiger charge is -2.28. The molecule has 2 aromatic carbocycles. The molecule has 5 heteroatoms. The van der Waals surface area contributed by atoms with Crippen molar-refractivity contribution in [1.29, 1.82) is 0 Å². The van der Waals surface area contributed by atoms with E-state index >= 15 is 0 Å². The molecule has 3 rings (SSSR count). The zero-order valence-corrected chi connectivity index (χ0v) is 15.5. The number of nitrogens with zero attached hydrogens (tertiary/aromatic N) is 1. The average molecular weight is 362 g/mol. The summed E-state index contributed by atoms with van der Waals surface area (Å²) in [5.41, 5.74) is 3.93. The maximum absolute atomic E-state index is 12.5. The highest BCUT2D eigenvalue weighted by Gasteiger charge is 2.19. The van der Waals surface area contributed by atoms with Crippen molar-refractivity contribution < 1.29 is 14.4 Å². The Kier molecular flexibility index (Phi) is 5.50. The summed E-state index contributed by atoms with van der Waals surface area (Å²) >= 11 is 0. The SMILES string of the molecule is CC(=O)c1ccc(NC(=O)/C(C)=C\C(=O)N2CCc3ccccc3C2)cc1. The van der Waals surface area contributed by atoms with Crippen LogP contribution in [0.15, 0.2) is 60.2 Å². The van der Waals surface area contributed by atoms with E-state index in [1.807, 2.05) is 18.2 Å². The fourth-order valence-corrected chi connectivity index (χ4v) is 3.04. The van der Waals surface area contributed by atoms with E-state index < -0.39 is 0 Å². The lowest BCUT2D eigenvalue weighted by Crippen LogP contribution is -2.35. The molecular formula is C22H22N2O3. The topological polar surface area (TPSA) is 66.5 Å². The number of anilines is 1. The Morgan fingerprint density at radius 2 is 1.63 bits per heavy atom. The summed E-state index contributed by atoms with van der Waals surface area (Å²) in [4.78, 5) is 37.9. The minimum Gasteiger partial charge on any atom is -0.334 e. The smallest absolute Gasteiger partial charge is 0.251 e. The summed E-state index contributed by atoms with van der Waals surface area (Å²) in [7, 11) is 0. The van der Waals surface area contributed by atoms with E-state index in [2.05, 4.69) is 11.4 Å². The summed E-state index contributed by atoms with van der Waals surface area (Å²) in [6.45, 7) is 4.32. The molecule has 1 aliphatic heterocycles. The predicted molar refractivity (Wildman–Crippen MR) is 104 cm³/mol. The maximum atomic E-state index is 12.5. The predicted octanol–water partition coefficient (Wildman–Crippen LogP) is 3.36. The summed E-state index contributed by atoms with van der Waals surface area (Å²) in [5.74, 6) is -0.530. The second-order valence-corrected chi connectivity index (χ2v) is 6.69. The highest BCUT2D eigenvalue weighted by molar-refractivity contribution is 6.07. The number of hydrogen-bond donors (Lipinski definition) is 1. The van der Waals surface area contributed by atoms with Crippen molar-refractivity contribution in [3.8, 4) is 0 Å². The van der Waals surface area contributed by atoms with Crippen LogP contribution in [-0.2, 0) is 22.6 Å². The van der Waals surface area contributed by atoms with Crippen LogP contribution in [0.2, 0.25) is 0 Å². The summed E-state index contributed by atoms with van der Waals surface area (Å²) < 4.78 is 0. The first-order valence-electron chi connectivity index (χ1n) is 8.90. The number of carbonyl (C=O) groups is 3. The molecule has 0 fully saturated rings. The average Bonchev–Trinajstić information content (AvgIpc) is 2.67. The largest absolute Gasteiger partial charge is 0.334 e. The molecule has 0 spiro atoms. The van der Waals surface area contributed by atoms with Crippen molar-refractivity contribution in [2.45, 2.75) is 26.8 Å².